The highest BCUT2D eigenvalue weighted by Gasteiger charge is 2.37. The minimum Gasteiger partial charge on any atom is -0.308 e. The van der Waals surface area contributed by atoms with E-state index in [9.17, 15) is 21.0 Å². The lowest BCUT2D eigenvalue weighted by Gasteiger charge is -2.23. The zero-order chi connectivity index (χ0) is 34.7. The second kappa shape index (κ2) is 11.1. The number of halogens is 3. The Labute approximate surface area is 282 Å². The first-order valence-corrected chi connectivity index (χ1v) is 15.3. The molecule has 2 aromatic heterocycles. The summed E-state index contributed by atoms with van der Waals surface area (Å²) >= 11 is 0. The van der Waals surface area contributed by atoms with Crippen molar-refractivity contribution in [2.24, 2.45) is 0 Å². The molecule has 0 saturated carbocycles. The van der Waals surface area contributed by atoms with Crippen LogP contribution < -0.4 is 0 Å². The second-order valence-corrected chi connectivity index (χ2v) is 11.7. The molecule has 50 heavy (non-hydrogen) atoms. The minimum atomic E-state index is -4.87. The Morgan fingerprint density at radius 1 is 0.440 bits per heavy atom. The number of benzene rings is 6. The summed E-state index contributed by atoms with van der Waals surface area (Å²) in [6.07, 6.45) is -4.87. The van der Waals surface area contributed by atoms with Gasteiger partial charge in [-0.15, -0.1) is 0 Å². The van der Waals surface area contributed by atoms with Crippen LogP contribution in [-0.2, 0) is 6.18 Å². The fourth-order valence-corrected chi connectivity index (χ4v) is 7.04. The molecular formula is C41H19F3N6. The smallest absolute Gasteiger partial charge is 0.308 e. The Balaban J connectivity index is 1.68. The van der Waals surface area contributed by atoms with Gasteiger partial charge in [0.15, 0.2) is 0 Å². The van der Waals surface area contributed by atoms with E-state index in [-0.39, 0.29) is 33.6 Å². The zero-order valence-electron chi connectivity index (χ0n) is 25.8. The molecule has 0 atom stereocenters. The largest absolute Gasteiger partial charge is 0.417 e. The van der Waals surface area contributed by atoms with E-state index in [0.29, 0.717) is 33.2 Å². The van der Waals surface area contributed by atoms with Gasteiger partial charge in [0.1, 0.15) is 0 Å². The van der Waals surface area contributed by atoms with Gasteiger partial charge in [-0.25, -0.2) is 0 Å². The predicted octanol–water partition coefficient (Wildman–Crippen LogP) is 10.1. The molecular weight excluding hydrogens is 633 g/mol. The molecule has 0 spiro atoms. The van der Waals surface area contributed by atoms with Crippen LogP contribution in [0.4, 0.5) is 13.2 Å². The molecule has 2 heterocycles. The lowest BCUT2D eigenvalue weighted by molar-refractivity contribution is -0.137. The van der Waals surface area contributed by atoms with Crippen molar-refractivity contribution in [1.29, 1.82) is 21.0 Å². The second-order valence-electron chi connectivity index (χ2n) is 11.7. The van der Waals surface area contributed by atoms with Gasteiger partial charge >= 0.3 is 6.18 Å². The van der Waals surface area contributed by atoms with Crippen LogP contribution in [0.3, 0.4) is 0 Å². The van der Waals surface area contributed by atoms with Crippen molar-refractivity contribution in [3.63, 3.8) is 0 Å². The van der Waals surface area contributed by atoms with Crippen LogP contribution in [0.5, 0.6) is 0 Å². The standard InChI is InChI=1S/C41H19F3N6/c42-41(43,44)32-9-5-6-27(23-48)39(32)40-37(49-33-10-3-1-7-28(33)30-14-12-24(20-45)16-35(30)49)18-26(22-47)19-38(40)50-34-11-4-2-8-29(34)31-15-13-25(21-46)17-36(31)50/h1-19H. The monoisotopic (exact) mass is 652 g/mol. The average molecular weight is 653 g/mol. The third-order valence-corrected chi connectivity index (χ3v) is 9.05. The maximum absolute atomic E-state index is 15.1. The molecule has 0 amide bonds. The molecule has 0 aliphatic carbocycles. The normalized spacial score (nSPS) is 11.4. The third-order valence-electron chi connectivity index (χ3n) is 9.05. The number of fused-ring (bicyclic) bond motifs is 6. The van der Waals surface area contributed by atoms with E-state index in [0.717, 1.165) is 27.6 Å². The number of aromatic nitrogens is 2. The SMILES string of the molecule is N#Cc1cc(-n2c3ccccc3c3ccc(C#N)cc32)c(-c2c(C#N)cccc2C(F)(F)F)c(-n2c3ccccc3c3ccc(C#N)cc32)c1. The molecule has 6 nitrogen and oxygen atoms in total. The van der Waals surface area contributed by atoms with Crippen molar-refractivity contribution in [2.75, 3.05) is 0 Å². The molecule has 0 aliphatic rings. The van der Waals surface area contributed by atoms with Gasteiger partial charge in [0.2, 0.25) is 0 Å². The lowest BCUT2D eigenvalue weighted by atomic mass is 9.90. The highest BCUT2D eigenvalue weighted by atomic mass is 19.4. The summed E-state index contributed by atoms with van der Waals surface area (Å²) in [6.45, 7) is 0. The molecule has 8 rings (SSSR count). The summed E-state index contributed by atoms with van der Waals surface area (Å²) in [5, 5.41) is 43.6. The van der Waals surface area contributed by atoms with E-state index in [1.807, 2.05) is 42.5 Å². The van der Waals surface area contributed by atoms with Gasteiger partial charge in [-0.3, -0.25) is 0 Å². The fourth-order valence-electron chi connectivity index (χ4n) is 7.04. The molecule has 0 radical (unpaired) electrons. The maximum Gasteiger partial charge on any atom is 0.417 e. The van der Waals surface area contributed by atoms with Crippen LogP contribution in [0.15, 0.2) is 115 Å². The van der Waals surface area contributed by atoms with Crippen LogP contribution in [0, 0.1) is 45.3 Å². The summed E-state index contributed by atoms with van der Waals surface area (Å²) in [5.74, 6) is 0. The molecule has 9 heteroatoms. The number of hydrogen-bond donors (Lipinski definition) is 0. The van der Waals surface area contributed by atoms with Crippen molar-refractivity contribution < 1.29 is 13.2 Å². The van der Waals surface area contributed by atoms with Crippen molar-refractivity contribution in [2.45, 2.75) is 6.18 Å². The Morgan fingerprint density at radius 3 is 1.38 bits per heavy atom. The lowest BCUT2D eigenvalue weighted by Crippen LogP contribution is -2.12. The zero-order valence-corrected chi connectivity index (χ0v) is 25.8. The summed E-state index contributed by atoms with van der Waals surface area (Å²) in [7, 11) is 0. The molecule has 0 fully saturated rings. The van der Waals surface area contributed by atoms with E-state index >= 15 is 13.2 Å². The number of nitriles is 4. The van der Waals surface area contributed by atoms with E-state index in [1.54, 1.807) is 57.7 Å². The summed E-state index contributed by atoms with van der Waals surface area (Å²) in [5.41, 5.74) is 1.97. The number of para-hydroxylation sites is 2. The quantitative estimate of drug-likeness (QED) is 0.189. The van der Waals surface area contributed by atoms with Crippen molar-refractivity contribution >= 4 is 43.6 Å². The van der Waals surface area contributed by atoms with Gasteiger partial charge in [-0.2, -0.15) is 34.2 Å². The van der Waals surface area contributed by atoms with Gasteiger partial charge in [0, 0.05) is 32.7 Å². The number of alkyl halides is 3. The fraction of sp³-hybridized carbons (Fsp3) is 0.0244. The van der Waals surface area contributed by atoms with Gasteiger partial charge < -0.3 is 9.13 Å². The van der Waals surface area contributed by atoms with E-state index < -0.39 is 11.7 Å². The predicted molar refractivity (Wildman–Crippen MR) is 184 cm³/mol. The highest BCUT2D eigenvalue weighted by molar-refractivity contribution is 6.12. The van der Waals surface area contributed by atoms with Crippen molar-refractivity contribution in [3.05, 3.63) is 143 Å². The van der Waals surface area contributed by atoms with Gasteiger partial charge in [0.25, 0.3) is 0 Å². The molecule has 0 N–H and O–H groups in total. The Kier molecular flexibility index (Phi) is 6.69. The molecule has 0 unspecified atom stereocenters. The highest BCUT2D eigenvalue weighted by Crippen LogP contribution is 2.47. The Bertz CT molecular complexity index is 2760. The summed E-state index contributed by atoms with van der Waals surface area (Å²) in [6, 6.07) is 40.0. The molecule has 8 aromatic rings. The number of nitrogens with zero attached hydrogens (tertiary/aromatic N) is 6. The van der Waals surface area contributed by atoms with Crippen LogP contribution in [0.2, 0.25) is 0 Å². The number of hydrogen-bond acceptors (Lipinski definition) is 4. The molecule has 0 saturated heterocycles. The maximum atomic E-state index is 15.1. The summed E-state index contributed by atoms with van der Waals surface area (Å²) in [4.78, 5) is 0. The average Bonchev–Trinajstić information content (AvgIpc) is 3.65. The first-order chi connectivity index (χ1) is 24.3. The van der Waals surface area contributed by atoms with Crippen LogP contribution in [0.25, 0.3) is 66.1 Å². The van der Waals surface area contributed by atoms with E-state index in [1.165, 1.54) is 24.3 Å². The van der Waals surface area contributed by atoms with E-state index in [2.05, 4.69) is 18.2 Å². The Morgan fingerprint density at radius 2 is 0.920 bits per heavy atom. The van der Waals surface area contributed by atoms with Gasteiger partial charge in [-0.1, -0.05) is 54.6 Å². The minimum absolute atomic E-state index is 0.0449. The molecule has 0 bridgehead atoms. The van der Waals surface area contributed by atoms with Gasteiger partial charge in [0.05, 0.1) is 85.5 Å². The van der Waals surface area contributed by atoms with Crippen molar-refractivity contribution in [3.8, 4) is 46.8 Å². The topological polar surface area (TPSA) is 105 Å². The number of rotatable bonds is 3. The van der Waals surface area contributed by atoms with Crippen LogP contribution >= 0.6 is 0 Å². The molecule has 234 valence electrons. The third kappa shape index (κ3) is 4.40. The van der Waals surface area contributed by atoms with Crippen LogP contribution in [-0.4, -0.2) is 9.13 Å². The first kappa shape index (κ1) is 30.0. The summed E-state index contributed by atoms with van der Waals surface area (Å²) < 4.78 is 48.8. The molecule has 6 aromatic carbocycles. The molecule has 0 aliphatic heterocycles. The van der Waals surface area contributed by atoms with Gasteiger partial charge in [-0.05, 0) is 60.7 Å². The first-order valence-electron chi connectivity index (χ1n) is 15.3. The van der Waals surface area contributed by atoms with Crippen molar-refractivity contribution in [1.82, 2.24) is 9.13 Å². The Hall–Kier alpha value is -7.33. The van der Waals surface area contributed by atoms with Crippen LogP contribution in [0.1, 0.15) is 27.8 Å². The van der Waals surface area contributed by atoms with E-state index in [4.69, 9.17) is 0 Å².